The molecular formula is C35H35F6N3O5. The topological polar surface area (TPSA) is 94.0 Å². The number of carbonyl (C=O) groups is 1. The standard InChI is InChI=1S/C35H35F6N3O5/c1-21(2)23-7-10-31(48-4)30(15-23)29-9-8-27(47-3)14-24(29)20-44(33-42-17-28(18-43-33)49-11-5-6-32(45)46)19-22-12-25(34(36,37)38)16-26(13-22)35(39,40)41/h7-10,12-18,21H,5-6,11,19-20H2,1-4H3,(H,45,46). The molecule has 0 spiro atoms. The molecule has 0 saturated heterocycles. The summed E-state index contributed by atoms with van der Waals surface area (Å²) >= 11 is 0. The lowest BCUT2D eigenvalue weighted by Gasteiger charge is -2.26. The predicted octanol–water partition coefficient (Wildman–Crippen LogP) is 8.77. The Morgan fingerprint density at radius 1 is 0.816 bits per heavy atom. The van der Waals surface area contributed by atoms with Crippen LogP contribution in [0.25, 0.3) is 11.1 Å². The second-order valence-electron chi connectivity index (χ2n) is 11.5. The smallest absolute Gasteiger partial charge is 0.416 e. The van der Waals surface area contributed by atoms with Crippen LogP contribution in [0, 0.1) is 0 Å². The molecule has 0 aliphatic carbocycles. The van der Waals surface area contributed by atoms with Gasteiger partial charge in [-0.2, -0.15) is 26.3 Å². The average Bonchev–Trinajstić information content (AvgIpc) is 3.05. The normalized spacial score (nSPS) is 11.8. The molecule has 0 fully saturated rings. The summed E-state index contributed by atoms with van der Waals surface area (Å²) in [6.07, 6.45) is -7.36. The molecule has 0 saturated carbocycles. The van der Waals surface area contributed by atoms with Crippen LogP contribution >= 0.6 is 0 Å². The molecular weight excluding hydrogens is 656 g/mol. The number of alkyl halides is 6. The maximum absolute atomic E-state index is 13.8. The zero-order chi connectivity index (χ0) is 35.9. The van der Waals surface area contributed by atoms with Crippen molar-refractivity contribution >= 4 is 11.9 Å². The number of benzene rings is 3. The second-order valence-corrected chi connectivity index (χ2v) is 11.5. The molecule has 49 heavy (non-hydrogen) atoms. The maximum atomic E-state index is 13.8. The number of halogens is 6. The highest BCUT2D eigenvalue weighted by Gasteiger charge is 2.37. The molecule has 0 radical (unpaired) electrons. The highest BCUT2D eigenvalue weighted by atomic mass is 19.4. The van der Waals surface area contributed by atoms with E-state index in [4.69, 9.17) is 19.3 Å². The number of hydrogen-bond donors (Lipinski definition) is 1. The Labute approximate surface area is 279 Å². The van der Waals surface area contributed by atoms with Crippen LogP contribution in [0.4, 0.5) is 32.3 Å². The minimum atomic E-state index is -5.03. The molecule has 262 valence electrons. The molecule has 3 aromatic carbocycles. The largest absolute Gasteiger partial charge is 0.497 e. The Morgan fingerprint density at radius 2 is 1.47 bits per heavy atom. The van der Waals surface area contributed by atoms with Crippen molar-refractivity contribution in [1.29, 1.82) is 0 Å². The summed E-state index contributed by atoms with van der Waals surface area (Å²) in [5.74, 6) is 0.382. The third-order valence-electron chi connectivity index (χ3n) is 7.58. The highest BCUT2D eigenvalue weighted by Crippen LogP contribution is 2.39. The zero-order valence-corrected chi connectivity index (χ0v) is 27.2. The summed E-state index contributed by atoms with van der Waals surface area (Å²) in [5.41, 5.74) is -0.149. The Bertz CT molecular complexity index is 1710. The second kappa shape index (κ2) is 15.5. The van der Waals surface area contributed by atoms with Crippen LogP contribution in [0.3, 0.4) is 0 Å². The van der Waals surface area contributed by atoms with Gasteiger partial charge in [0.2, 0.25) is 5.95 Å². The fourth-order valence-corrected chi connectivity index (χ4v) is 5.08. The van der Waals surface area contributed by atoms with Gasteiger partial charge in [0.05, 0.1) is 44.3 Å². The lowest BCUT2D eigenvalue weighted by Crippen LogP contribution is -2.25. The number of methoxy groups -OCH3 is 2. The van der Waals surface area contributed by atoms with Gasteiger partial charge in [-0.1, -0.05) is 26.0 Å². The molecule has 0 amide bonds. The lowest BCUT2D eigenvalue weighted by molar-refractivity contribution is -0.143. The number of nitrogens with zero attached hydrogens (tertiary/aromatic N) is 3. The fraction of sp³-hybridized carbons (Fsp3) is 0.343. The maximum Gasteiger partial charge on any atom is 0.416 e. The number of anilines is 1. The van der Waals surface area contributed by atoms with E-state index in [1.807, 2.05) is 32.0 Å². The zero-order valence-electron chi connectivity index (χ0n) is 27.2. The van der Waals surface area contributed by atoms with Crippen molar-refractivity contribution < 1.29 is 50.5 Å². The highest BCUT2D eigenvalue weighted by molar-refractivity contribution is 5.75. The molecule has 0 aliphatic heterocycles. The quantitative estimate of drug-likeness (QED) is 0.104. The van der Waals surface area contributed by atoms with Gasteiger partial charge in [0.15, 0.2) is 5.75 Å². The summed E-state index contributed by atoms with van der Waals surface area (Å²) in [6.45, 7) is 3.62. The minimum Gasteiger partial charge on any atom is -0.497 e. The summed E-state index contributed by atoms with van der Waals surface area (Å²) in [7, 11) is 2.99. The Balaban J connectivity index is 1.82. The SMILES string of the molecule is COc1ccc(-c2cc(C(C)C)ccc2OC)c(CN(Cc2cc(C(F)(F)F)cc(C(F)(F)F)c2)c2ncc(OCCCC(=O)O)cn2)c1. The van der Waals surface area contributed by atoms with Crippen molar-refractivity contribution in [2.24, 2.45) is 0 Å². The van der Waals surface area contributed by atoms with E-state index in [-0.39, 0.29) is 55.2 Å². The molecule has 1 heterocycles. The van der Waals surface area contributed by atoms with Crippen LogP contribution in [0.2, 0.25) is 0 Å². The first-order chi connectivity index (χ1) is 23.1. The van der Waals surface area contributed by atoms with Gasteiger partial charge in [-0.3, -0.25) is 4.79 Å². The third kappa shape index (κ3) is 9.77. The number of ether oxygens (including phenoxy) is 3. The van der Waals surface area contributed by atoms with E-state index >= 15 is 0 Å². The van der Waals surface area contributed by atoms with E-state index in [0.717, 1.165) is 11.1 Å². The summed E-state index contributed by atoms with van der Waals surface area (Å²) in [6, 6.07) is 12.4. The number of aliphatic carboxylic acids is 1. The fourth-order valence-electron chi connectivity index (χ4n) is 5.08. The first-order valence-corrected chi connectivity index (χ1v) is 15.1. The van der Waals surface area contributed by atoms with Gasteiger partial charge in [0, 0.05) is 25.1 Å². The van der Waals surface area contributed by atoms with Crippen LogP contribution in [0.5, 0.6) is 17.2 Å². The van der Waals surface area contributed by atoms with Gasteiger partial charge in [-0.25, -0.2) is 9.97 Å². The van der Waals surface area contributed by atoms with Gasteiger partial charge >= 0.3 is 18.3 Å². The van der Waals surface area contributed by atoms with Crippen molar-refractivity contribution in [2.75, 3.05) is 25.7 Å². The molecule has 0 unspecified atom stereocenters. The number of aromatic nitrogens is 2. The van der Waals surface area contributed by atoms with Gasteiger partial charge in [0.25, 0.3) is 0 Å². The van der Waals surface area contributed by atoms with E-state index < -0.39 is 36.0 Å². The van der Waals surface area contributed by atoms with E-state index in [2.05, 4.69) is 9.97 Å². The molecule has 0 aliphatic rings. The number of carboxylic acids is 1. The summed E-state index contributed by atoms with van der Waals surface area (Å²) in [5, 5.41) is 8.84. The van der Waals surface area contributed by atoms with E-state index in [1.165, 1.54) is 31.5 Å². The molecule has 8 nitrogen and oxygen atoms in total. The van der Waals surface area contributed by atoms with Crippen molar-refractivity contribution in [2.45, 2.75) is 58.0 Å². The van der Waals surface area contributed by atoms with E-state index in [1.54, 1.807) is 18.2 Å². The molecule has 1 aromatic heterocycles. The van der Waals surface area contributed by atoms with E-state index in [0.29, 0.717) is 34.8 Å². The van der Waals surface area contributed by atoms with Crippen LogP contribution in [-0.2, 0) is 30.2 Å². The van der Waals surface area contributed by atoms with Gasteiger partial charge in [-0.15, -0.1) is 0 Å². The predicted molar refractivity (Wildman–Crippen MR) is 170 cm³/mol. The summed E-state index contributed by atoms with van der Waals surface area (Å²) in [4.78, 5) is 20.9. The van der Waals surface area contributed by atoms with Crippen molar-refractivity contribution in [1.82, 2.24) is 9.97 Å². The lowest BCUT2D eigenvalue weighted by atomic mass is 9.93. The first kappa shape index (κ1) is 36.8. The number of carboxylic acid groups (broad SMARTS) is 1. The first-order valence-electron chi connectivity index (χ1n) is 15.1. The molecule has 4 aromatic rings. The molecule has 14 heteroatoms. The van der Waals surface area contributed by atoms with Crippen molar-refractivity contribution in [3.05, 3.63) is 94.8 Å². The monoisotopic (exact) mass is 691 g/mol. The van der Waals surface area contributed by atoms with Crippen LogP contribution in [0.15, 0.2) is 67.0 Å². The Kier molecular flexibility index (Phi) is 11.6. The number of hydrogen-bond acceptors (Lipinski definition) is 7. The van der Waals surface area contributed by atoms with Crippen molar-refractivity contribution in [3.8, 4) is 28.4 Å². The summed E-state index contributed by atoms with van der Waals surface area (Å²) < 4.78 is 99.2. The van der Waals surface area contributed by atoms with Crippen LogP contribution < -0.4 is 19.1 Å². The molecule has 4 rings (SSSR count). The third-order valence-corrected chi connectivity index (χ3v) is 7.58. The van der Waals surface area contributed by atoms with E-state index in [9.17, 15) is 31.1 Å². The van der Waals surface area contributed by atoms with Gasteiger partial charge in [0.1, 0.15) is 11.5 Å². The molecule has 0 atom stereocenters. The van der Waals surface area contributed by atoms with Crippen LogP contribution in [0.1, 0.15) is 60.4 Å². The number of rotatable bonds is 14. The van der Waals surface area contributed by atoms with Crippen LogP contribution in [-0.4, -0.2) is 41.9 Å². The Morgan fingerprint density at radius 3 is 2.02 bits per heavy atom. The van der Waals surface area contributed by atoms with Gasteiger partial charge in [-0.05, 0) is 77.1 Å². The molecule has 1 N–H and O–H groups in total. The average molecular weight is 692 g/mol. The molecule has 0 bridgehead atoms. The van der Waals surface area contributed by atoms with Crippen molar-refractivity contribution in [3.63, 3.8) is 0 Å². The Hall–Kier alpha value is -5.01. The minimum absolute atomic E-state index is 0.0134. The van der Waals surface area contributed by atoms with Gasteiger partial charge < -0.3 is 24.2 Å².